The molecule has 0 atom stereocenters. The topological polar surface area (TPSA) is 66.8 Å². The van der Waals surface area contributed by atoms with Crippen molar-refractivity contribution in [3.05, 3.63) is 57.5 Å². The molecule has 0 radical (unpaired) electrons. The van der Waals surface area contributed by atoms with E-state index in [0.717, 1.165) is 23.4 Å². The molecular weight excluding hydrogens is 373 g/mol. The van der Waals surface area contributed by atoms with E-state index in [1.165, 1.54) is 0 Å². The molecule has 3 rings (SSSR count). The summed E-state index contributed by atoms with van der Waals surface area (Å²) in [6.45, 7) is 5.25. The van der Waals surface area contributed by atoms with Gasteiger partial charge in [0.25, 0.3) is 5.91 Å². The molecule has 136 valence electrons. The summed E-state index contributed by atoms with van der Waals surface area (Å²) in [5.41, 5.74) is 3.78. The van der Waals surface area contributed by atoms with E-state index in [-0.39, 0.29) is 5.91 Å². The summed E-state index contributed by atoms with van der Waals surface area (Å²) in [5.74, 6) is -0.146. The Kier molecular flexibility index (Phi) is 5.34. The van der Waals surface area contributed by atoms with Crippen molar-refractivity contribution >= 4 is 29.1 Å². The maximum atomic E-state index is 12.7. The van der Waals surface area contributed by atoms with Crippen molar-refractivity contribution < 1.29 is 4.79 Å². The third kappa shape index (κ3) is 3.76. The molecule has 0 fully saturated rings. The van der Waals surface area contributed by atoms with Crippen molar-refractivity contribution in [2.45, 2.75) is 26.9 Å². The molecule has 8 heteroatoms. The summed E-state index contributed by atoms with van der Waals surface area (Å²) in [6, 6.07) is 6.95. The van der Waals surface area contributed by atoms with Gasteiger partial charge in [0.2, 0.25) is 0 Å². The van der Waals surface area contributed by atoms with Crippen molar-refractivity contribution in [1.82, 2.24) is 24.9 Å². The van der Waals surface area contributed by atoms with Gasteiger partial charge in [0.1, 0.15) is 5.69 Å². The standard InChI is InChI=1S/C18H19Cl2N5O/c1-4-25-10-13(11(2)23-25)9-24(3)18(26)17-8-16(21-22-17)12-5-6-14(19)15(20)7-12/h5-8,10H,4,9H2,1-3H3,(H,21,22). The quantitative estimate of drug-likeness (QED) is 0.708. The van der Waals surface area contributed by atoms with E-state index in [1.807, 2.05) is 30.8 Å². The van der Waals surface area contributed by atoms with E-state index < -0.39 is 0 Å². The molecule has 1 aromatic carbocycles. The lowest BCUT2D eigenvalue weighted by Gasteiger charge is -2.15. The fraction of sp³-hybridized carbons (Fsp3) is 0.278. The molecule has 0 bridgehead atoms. The van der Waals surface area contributed by atoms with Crippen molar-refractivity contribution in [1.29, 1.82) is 0 Å². The number of benzene rings is 1. The lowest BCUT2D eigenvalue weighted by molar-refractivity contribution is 0.0779. The van der Waals surface area contributed by atoms with E-state index in [4.69, 9.17) is 23.2 Å². The predicted molar refractivity (Wildman–Crippen MR) is 102 cm³/mol. The molecular formula is C18H19Cl2N5O. The van der Waals surface area contributed by atoms with Crippen molar-refractivity contribution in [3.8, 4) is 11.3 Å². The number of carbonyl (C=O) groups is 1. The van der Waals surface area contributed by atoms with Gasteiger partial charge in [-0.15, -0.1) is 0 Å². The molecule has 6 nitrogen and oxygen atoms in total. The van der Waals surface area contributed by atoms with E-state index in [1.54, 1.807) is 30.1 Å². The number of halogens is 2. The van der Waals surface area contributed by atoms with Crippen LogP contribution in [0.25, 0.3) is 11.3 Å². The Morgan fingerprint density at radius 2 is 2.04 bits per heavy atom. The minimum Gasteiger partial charge on any atom is -0.336 e. The highest BCUT2D eigenvalue weighted by molar-refractivity contribution is 6.42. The van der Waals surface area contributed by atoms with Crippen LogP contribution in [-0.4, -0.2) is 37.8 Å². The van der Waals surface area contributed by atoms with Crippen LogP contribution in [0.2, 0.25) is 10.0 Å². The van der Waals surface area contributed by atoms with Crippen molar-refractivity contribution in [2.75, 3.05) is 7.05 Å². The smallest absolute Gasteiger partial charge is 0.271 e. The van der Waals surface area contributed by atoms with Crippen LogP contribution in [0.5, 0.6) is 0 Å². The monoisotopic (exact) mass is 391 g/mol. The number of amides is 1. The number of aryl methyl sites for hydroxylation is 2. The first-order chi connectivity index (χ1) is 12.4. The summed E-state index contributed by atoms with van der Waals surface area (Å²) < 4.78 is 1.86. The van der Waals surface area contributed by atoms with Crippen molar-refractivity contribution in [3.63, 3.8) is 0 Å². The maximum Gasteiger partial charge on any atom is 0.271 e. The van der Waals surface area contributed by atoms with Gasteiger partial charge in [-0.3, -0.25) is 14.6 Å². The number of nitrogens with zero attached hydrogens (tertiary/aromatic N) is 4. The Balaban J connectivity index is 1.76. The number of hydrogen-bond acceptors (Lipinski definition) is 3. The normalized spacial score (nSPS) is 11.0. The number of hydrogen-bond donors (Lipinski definition) is 1. The molecule has 2 heterocycles. The lowest BCUT2D eigenvalue weighted by Crippen LogP contribution is -2.26. The van der Waals surface area contributed by atoms with Gasteiger partial charge in [0.05, 0.1) is 21.4 Å². The maximum absolute atomic E-state index is 12.7. The molecule has 26 heavy (non-hydrogen) atoms. The van der Waals surface area contributed by atoms with Crippen LogP contribution in [0.1, 0.15) is 28.7 Å². The Labute approximate surface area is 161 Å². The number of aromatic nitrogens is 4. The van der Waals surface area contributed by atoms with E-state index in [2.05, 4.69) is 15.3 Å². The number of aromatic amines is 1. The minimum atomic E-state index is -0.146. The third-order valence-electron chi connectivity index (χ3n) is 4.15. The first kappa shape index (κ1) is 18.5. The summed E-state index contributed by atoms with van der Waals surface area (Å²) >= 11 is 12.0. The van der Waals surface area contributed by atoms with Gasteiger partial charge >= 0.3 is 0 Å². The molecule has 0 unspecified atom stereocenters. The zero-order valence-electron chi connectivity index (χ0n) is 14.8. The second-order valence-corrected chi connectivity index (χ2v) is 6.87. The number of H-pyrrole nitrogens is 1. The summed E-state index contributed by atoms with van der Waals surface area (Å²) in [5, 5.41) is 12.3. The second-order valence-electron chi connectivity index (χ2n) is 6.05. The van der Waals surface area contributed by atoms with Gasteiger partial charge in [0, 0.05) is 37.5 Å². The van der Waals surface area contributed by atoms with Crippen LogP contribution in [-0.2, 0) is 13.1 Å². The van der Waals surface area contributed by atoms with Crippen LogP contribution in [0.3, 0.4) is 0 Å². The average molecular weight is 392 g/mol. The van der Waals surface area contributed by atoms with Gasteiger partial charge in [-0.25, -0.2) is 0 Å². The molecule has 0 aliphatic carbocycles. The van der Waals surface area contributed by atoms with Gasteiger partial charge in [-0.1, -0.05) is 29.3 Å². The Hall–Kier alpha value is -2.31. The zero-order chi connectivity index (χ0) is 18.8. The Bertz CT molecular complexity index is 947. The highest BCUT2D eigenvalue weighted by Gasteiger charge is 2.17. The molecule has 0 spiro atoms. The van der Waals surface area contributed by atoms with Crippen LogP contribution in [0.4, 0.5) is 0 Å². The second kappa shape index (κ2) is 7.51. The van der Waals surface area contributed by atoms with Gasteiger partial charge in [-0.2, -0.15) is 10.2 Å². The molecule has 3 aromatic rings. The van der Waals surface area contributed by atoms with E-state index >= 15 is 0 Å². The number of carbonyl (C=O) groups excluding carboxylic acids is 1. The molecule has 1 N–H and O–H groups in total. The molecule has 0 aliphatic rings. The summed E-state index contributed by atoms with van der Waals surface area (Å²) in [4.78, 5) is 14.3. The molecule has 0 aliphatic heterocycles. The Morgan fingerprint density at radius 1 is 1.27 bits per heavy atom. The first-order valence-corrected chi connectivity index (χ1v) is 8.94. The van der Waals surface area contributed by atoms with Gasteiger partial charge in [0.15, 0.2) is 0 Å². The predicted octanol–water partition coefficient (Wildman–Crippen LogP) is 4.18. The average Bonchev–Trinajstić information content (AvgIpc) is 3.24. The highest BCUT2D eigenvalue weighted by Crippen LogP contribution is 2.28. The highest BCUT2D eigenvalue weighted by atomic mass is 35.5. The summed E-state index contributed by atoms with van der Waals surface area (Å²) in [6.07, 6.45) is 1.97. The zero-order valence-corrected chi connectivity index (χ0v) is 16.3. The molecule has 1 amide bonds. The lowest BCUT2D eigenvalue weighted by atomic mass is 10.1. The van der Waals surface area contributed by atoms with Crippen LogP contribution < -0.4 is 0 Å². The van der Waals surface area contributed by atoms with Crippen LogP contribution in [0, 0.1) is 6.92 Å². The fourth-order valence-electron chi connectivity index (χ4n) is 2.64. The fourth-order valence-corrected chi connectivity index (χ4v) is 2.94. The molecule has 2 aromatic heterocycles. The number of nitrogens with one attached hydrogen (secondary N) is 1. The van der Waals surface area contributed by atoms with Crippen LogP contribution in [0.15, 0.2) is 30.5 Å². The largest absolute Gasteiger partial charge is 0.336 e. The summed E-state index contributed by atoms with van der Waals surface area (Å²) in [7, 11) is 1.75. The minimum absolute atomic E-state index is 0.146. The number of rotatable bonds is 5. The van der Waals surface area contributed by atoms with Gasteiger partial charge in [-0.05, 0) is 32.0 Å². The third-order valence-corrected chi connectivity index (χ3v) is 4.89. The van der Waals surface area contributed by atoms with E-state index in [9.17, 15) is 4.79 Å². The van der Waals surface area contributed by atoms with Crippen molar-refractivity contribution in [2.24, 2.45) is 0 Å². The van der Waals surface area contributed by atoms with Gasteiger partial charge < -0.3 is 4.90 Å². The SMILES string of the molecule is CCn1cc(CN(C)C(=O)c2cc(-c3ccc(Cl)c(Cl)c3)n[nH]2)c(C)n1. The molecule has 0 saturated heterocycles. The first-order valence-electron chi connectivity index (χ1n) is 8.18. The molecule has 0 saturated carbocycles. The van der Waals surface area contributed by atoms with Crippen LogP contribution >= 0.6 is 23.2 Å². The Morgan fingerprint density at radius 3 is 2.69 bits per heavy atom. The van der Waals surface area contributed by atoms with E-state index in [0.29, 0.717) is 28.0 Å².